The van der Waals surface area contributed by atoms with E-state index < -0.39 is 5.97 Å². The van der Waals surface area contributed by atoms with Gasteiger partial charge in [0.2, 0.25) is 0 Å². The maximum atomic E-state index is 10.9. The van der Waals surface area contributed by atoms with Crippen LogP contribution in [0.5, 0.6) is 5.75 Å². The van der Waals surface area contributed by atoms with Crippen molar-refractivity contribution in [2.45, 2.75) is 19.8 Å². The van der Waals surface area contributed by atoms with Crippen molar-refractivity contribution in [3.05, 3.63) is 35.4 Å². The fraction of sp³-hybridized carbons (Fsp3) is 0.250. The van der Waals surface area contributed by atoms with E-state index in [-0.39, 0.29) is 28.6 Å². The number of carbonyl (C=O) groups is 1. The second-order valence-electron chi connectivity index (χ2n) is 3.87. The molecule has 0 unspecified atom stereocenters. The number of aliphatic hydroxyl groups excluding tert-OH is 1. The summed E-state index contributed by atoms with van der Waals surface area (Å²) in [5.74, 6) is -1.61. The van der Waals surface area contributed by atoms with Gasteiger partial charge in [-0.05, 0) is 23.6 Å². The number of aromatic carboxylic acids is 1. The smallest absolute Gasteiger partial charge is 0.335 e. The third-order valence-corrected chi connectivity index (χ3v) is 2.32. The Morgan fingerprint density at radius 1 is 1.31 bits per heavy atom. The molecular weight excluding hydrogens is 208 g/mol. The van der Waals surface area contributed by atoms with Crippen LogP contribution in [-0.4, -0.2) is 21.3 Å². The minimum absolute atomic E-state index is 0.0201. The number of carboxylic acids is 1. The summed E-state index contributed by atoms with van der Waals surface area (Å²) in [4.78, 5) is 10.9. The number of aromatic hydroxyl groups is 1. The Bertz CT molecular complexity index is 447. The van der Waals surface area contributed by atoms with Gasteiger partial charge < -0.3 is 15.3 Å². The molecule has 0 amide bonds. The van der Waals surface area contributed by atoms with Gasteiger partial charge in [-0.2, -0.15) is 0 Å². The Balaban J connectivity index is 3.51. The molecule has 1 aromatic carbocycles. The van der Waals surface area contributed by atoms with Gasteiger partial charge in [-0.25, -0.2) is 4.79 Å². The fourth-order valence-corrected chi connectivity index (χ4v) is 1.44. The van der Waals surface area contributed by atoms with E-state index >= 15 is 0 Å². The van der Waals surface area contributed by atoms with E-state index in [1.54, 1.807) is 0 Å². The standard InChI is InChI=1S/C12H14O4/c1-6(2)9-4-8(12(15)16)5-10(7(3)13)11(9)14/h4-6,13-14H,3H2,1-2H3,(H,15,16). The lowest BCUT2D eigenvalue weighted by Crippen LogP contribution is -2.01. The summed E-state index contributed by atoms with van der Waals surface area (Å²) in [7, 11) is 0. The Labute approximate surface area is 93.5 Å². The number of hydrogen-bond acceptors (Lipinski definition) is 3. The zero-order chi connectivity index (χ0) is 12.5. The molecular formula is C12H14O4. The number of phenolic OH excluding ortho intramolecular Hbond substituents is 1. The molecule has 1 rings (SSSR count). The number of aliphatic hydroxyl groups is 1. The lowest BCUT2D eigenvalue weighted by Gasteiger charge is -2.13. The van der Waals surface area contributed by atoms with Crippen LogP contribution in [-0.2, 0) is 0 Å². The van der Waals surface area contributed by atoms with Crippen molar-refractivity contribution in [2.24, 2.45) is 0 Å². The molecule has 0 aliphatic rings. The van der Waals surface area contributed by atoms with Crippen LogP contribution >= 0.6 is 0 Å². The summed E-state index contributed by atoms with van der Waals surface area (Å²) in [6.07, 6.45) is 0. The highest BCUT2D eigenvalue weighted by atomic mass is 16.4. The fourth-order valence-electron chi connectivity index (χ4n) is 1.44. The van der Waals surface area contributed by atoms with Crippen LogP contribution in [0.3, 0.4) is 0 Å². The highest BCUT2D eigenvalue weighted by Crippen LogP contribution is 2.33. The van der Waals surface area contributed by atoms with Crippen LogP contribution in [0.25, 0.3) is 5.76 Å². The minimum Gasteiger partial charge on any atom is -0.508 e. The molecule has 4 nitrogen and oxygen atoms in total. The summed E-state index contributed by atoms with van der Waals surface area (Å²) in [5, 5.41) is 28.0. The second-order valence-corrected chi connectivity index (χ2v) is 3.87. The van der Waals surface area contributed by atoms with Gasteiger partial charge in [-0.3, -0.25) is 0 Å². The number of carboxylic acid groups (broad SMARTS) is 1. The van der Waals surface area contributed by atoms with Crippen LogP contribution < -0.4 is 0 Å². The largest absolute Gasteiger partial charge is 0.508 e. The number of phenols is 1. The third kappa shape index (κ3) is 2.16. The maximum absolute atomic E-state index is 10.9. The Hall–Kier alpha value is -1.97. The molecule has 4 heteroatoms. The Morgan fingerprint density at radius 3 is 2.25 bits per heavy atom. The molecule has 16 heavy (non-hydrogen) atoms. The molecule has 0 bridgehead atoms. The SMILES string of the molecule is C=C(O)c1cc(C(=O)O)cc(C(C)C)c1O. The average Bonchev–Trinajstić information content (AvgIpc) is 2.16. The molecule has 0 spiro atoms. The zero-order valence-electron chi connectivity index (χ0n) is 9.19. The van der Waals surface area contributed by atoms with Crippen molar-refractivity contribution in [3.63, 3.8) is 0 Å². The average molecular weight is 222 g/mol. The molecule has 0 aliphatic heterocycles. The van der Waals surface area contributed by atoms with Crippen LogP contribution in [0.4, 0.5) is 0 Å². The predicted octanol–water partition coefficient (Wildman–Crippen LogP) is 2.74. The van der Waals surface area contributed by atoms with E-state index in [2.05, 4.69) is 6.58 Å². The molecule has 0 aromatic heterocycles. The first-order chi connectivity index (χ1) is 7.34. The molecule has 0 saturated heterocycles. The monoisotopic (exact) mass is 222 g/mol. The van der Waals surface area contributed by atoms with Gasteiger partial charge in [-0.15, -0.1) is 0 Å². The normalized spacial score (nSPS) is 10.4. The van der Waals surface area contributed by atoms with Crippen LogP contribution in [0.1, 0.15) is 41.3 Å². The van der Waals surface area contributed by atoms with E-state index in [1.807, 2.05) is 13.8 Å². The first-order valence-electron chi connectivity index (χ1n) is 4.83. The molecule has 0 fully saturated rings. The predicted molar refractivity (Wildman–Crippen MR) is 60.8 cm³/mol. The van der Waals surface area contributed by atoms with E-state index in [1.165, 1.54) is 12.1 Å². The van der Waals surface area contributed by atoms with E-state index in [9.17, 15) is 15.0 Å². The van der Waals surface area contributed by atoms with Crippen molar-refractivity contribution in [2.75, 3.05) is 0 Å². The maximum Gasteiger partial charge on any atom is 0.335 e. The zero-order valence-corrected chi connectivity index (χ0v) is 9.19. The van der Waals surface area contributed by atoms with Gasteiger partial charge in [0.25, 0.3) is 0 Å². The van der Waals surface area contributed by atoms with Crippen molar-refractivity contribution in [1.82, 2.24) is 0 Å². The van der Waals surface area contributed by atoms with Crippen molar-refractivity contribution in [1.29, 1.82) is 0 Å². The van der Waals surface area contributed by atoms with Crippen LogP contribution in [0, 0.1) is 0 Å². The Morgan fingerprint density at radius 2 is 1.88 bits per heavy atom. The molecule has 86 valence electrons. The van der Waals surface area contributed by atoms with E-state index in [4.69, 9.17) is 5.11 Å². The van der Waals surface area contributed by atoms with Crippen molar-refractivity contribution < 1.29 is 20.1 Å². The van der Waals surface area contributed by atoms with Crippen molar-refractivity contribution in [3.8, 4) is 5.75 Å². The highest BCUT2D eigenvalue weighted by Gasteiger charge is 2.17. The number of benzene rings is 1. The molecule has 0 atom stereocenters. The third-order valence-electron chi connectivity index (χ3n) is 2.32. The van der Waals surface area contributed by atoms with Gasteiger partial charge in [0.1, 0.15) is 11.5 Å². The molecule has 3 N–H and O–H groups in total. The minimum atomic E-state index is -1.11. The lowest BCUT2D eigenvalue weighted by molar-refractivity contribution is 0.0696. The lowest BCUT2D eigenvalue weighted by atomic mass is 9.95. The molecule has 0 saturated carbocycles. The van der Waals surface area contributed by atoms with Crippen LogP contribution in [0.2, 0.25) is 0 Å². The molecule has 0 radical (unpaired) electrons. The summed E-state index contributed by atoms with van der Waals surface area (Å²) in [6, 6.07) is 2.60. The summed E-state index contributed by atoms with van der Waals surface area (Å²) in [5.41, 5.74) is 0.556. The quantitative estimate of drug-likeness (QED) is 0.687. The summed E-state index contributed by atoms with van der Waals surface area (Å²) in [6.45, 7) is 6.94. The molecule has 0 aliphatic carbocycles. The van der Waals surface area contributed by atoms with Crippen LogP contribution in [0.15, 0.2) is 18.7 Å². The Kier molecular flexibility index (Phi) is 3.22. The van der Waals surface area contributed by atoms with Gasteiger partial charge >= 0.3 is 5.97 Å². The second kappa shape index (κ2) is 4.26. The van der Waals surface area contributed by atoms with E-state index in [0.717, 1.165) is 0 Å². The highest BCUT2D eigenvalue weighted by molar-refractivity contribution is 5.89. The van der Waals surface area contributed by atoms with Gasteiger partial charge in [0.15, 0.2) is 0 Å². The van der Waals surface area contributed by atoms with Crippen molar-refractivity contribution >= 4 is 11.7 Å². The number of rotatable bonds is 3. The molecule has 0 heterocycles. The molecule has 1 aromatic rings. The number of hydrogen-bond donors (Lipinski definition) is 3. The van der Waals surface area contributed by atoms with E-state index in [0.29, 0.717) is 5.56 Å². The first kappa shape index (κ1) is 12.1. The summed E-state index contributed by atoms with van der Waals surface area (Å²) < 4.78 is 0. The van der Waals surface area contributed by atoms with Gasteiger partial charge in [0.05, 0.1) is 11.1 Å². The summed E-state index contributed by atoms with van der Waals surface area (Å²) >= 11 is 0. The first-order valence-corrected chi connectivity index (χ1v) is 4.83. The van der Waals surface area contributed by atoms with Gasteiger partial charge in [0, 0.05) is 0 Å². The topological polar surface area (TPSA) is 77.8 Å². The van der Waals surface area contributed by atoms with Gasteiger partial charge in [-0.1, -0.05) is 20.4 Å².